The minimum absolute atomic E-state index is 0.648. The first-order valence-corrected chi connectivity index (χ1v) is 6.71. The van der Waals surface area contributed by atoms with Crippen LogP contribution >= 0.6 is 0 Å². The molecule has 0 fully saturated rings. The molecule has 0 saturated heterocycles. The molecule has 0 spiro atoms. The molecule has 0 atom stereocenters. The van der Waals surface area contributed by atoms with Crippen LogP contribution in [0.3, 0.4) is 0 Å². The second-order valence-electron chi connectivity index (χ2n) is 4.63. The fourth-order valence-corrected chi connectivity index (χ4v) is 2.09. The Bertz CT molecular complexity index is 670. The lowest BCUT2D eigenvalue weighted by Crippen LogP contribution is -2.06. The van der Waals surface area contributed by atoms with E-state index in [-0.39, 0.29) is 0 Å². The Hall–Kier alpha value is -2.50. The van der Waals surface area contributed by atoms with Gasteiger partial charge in [0.2, 0.25) is 0 Å². The molecule has 3 rings (SSSR count). The van der Waals surface area contributed by atoms with E-state index in [4.69, 9.17) is 0 Å². The summed E-state index contributed by atoms with van der Waals surface area (Å²) in [6, 6.07) is 10.0. The topological polar surface area (TPSA) is 61.4 Å². The first kappa shape index (κ1) is 12.5. The largest absolute Gasteiger partial charge is 0.241 e. The third-order valence-electron chi connectivity index (χ3n) is 3.07. The van der Waals surface area contributed by atoms with Crippen LogP contribution in [-0.2, 0) is 13.0 Å². The number of tetrazole rings is 1. The maximum Gasteiger partial charge on any atom is 0.151 e. The molecular formula is C14H16N6. The van der Waals surface area contributed by atoms with E-state index in [1.54, 1.807) is 0 Å². The van der Waals surface area contributed by atoms with Crippen molar-refractivity contribution in [2.75, 3.05) is 0 Å². The fourth-order valence-electron chi connectivity index (χ4n) is 2.09. The van der Waals surface area contributed by atoms with Crippen molar-refractivity contribution in [3.8, 4) is 5.69 Å². The van der Waals surface area contributed by atoms with Gasteiger partial charge in [-0.2, -0.15) is 5.10 Å². The molecule has 0 aliphatic heterocycles. The lowest BCUT2D eigenvalue weighted by atomic mass is 10.3. The number of aromatic nitrogens is 6. The molecule has 0 aliphatic rings. The van der Waals surface area contributed by atoms with Crippen molar-refractivity contribution in [1.29, 1.82) is 0 Å². The van der Waals surface area contributed by atoms with Crippen molar-refractivity contribution in [2.24, 2.45) is 0 Å². The van der Waals surface area contributed by atoms with Gasteiger partial charge < -0.3 is 0 Å². The lowest BCUT2D eigenvalue weighted by molar-refractivity contribution is 0.613. The molecule has 0 saturated carbocycles. The van der Waals surface area contributed by atoms with Gasteiger partial charge >= 0.3 is 0 Å². The Morgan fingerprint density at radius 3 is 2.80 bits per heavy atom. The molecule has 3 aromatic rings. The Morgan fingerprint density at radius 2 is 2.00 bits per heavy atom. The lowest BCUT2D eigenvalue weighted by Gasteiger charge is -2.01. The van der Waals surface area contributed by atoms with E-state index in [1.165, 1.54) is 0 Å². The molecule has 0 N–H and O–H groups in total. The average Bonchev–Trinajstić information content (AvgIpc) is 3.11. The zero-order chi connectivity index (χ0) is 13.8. The quantitative estimate of drug-likeness (QED) is 0.708. The maximum absolute atomic E-state index is 4.38. The van der Waals surface area contributed by atoms with Crippen LogP contribution in [-0.4, -0.2) is 30.0 Å². The van der Waals surface area contributed by atoms with Gasteiger partial charge in [-0.05, 0) is 29.0 Å². The van der Waals surface area contributed by atoms with E-state index in [0.29, 0.717) is 6.54 Å². The SMILES string of the molecule is CCCc1nnnn1Cc1cnn(-c2ccccc2)c1. The third kappa shape index (κ3) is 2.59. The highest BCUT2D eigenvalue weighted by Gasteiger charge is 2.07. The van der Waals surface area contributed by atoms with E-state index < -0.39 is 0 Å². The monoisotopic (exact) mass is 268 g/mol. The predicted molar refractivity (Wildman–Crippen MR) is 74.5 cm³/mol. The Labute approximate surface area is 117 Å². The van der Waals surface area contributed by atoms with Crippen molar-refractivity contribution in [3.63, 3.8) is 0 Å². The summed E-state index contributed by atoms with van der Waals surface area (Å²) in [5.41, 5.74) is 2.13. The van der Waals surface area contributed by atoms with Crippen LogP contribution in [0.1, 0.15) is 24.7 Å². The maximum atomic E-state index is 4.38. The first-order chi connectivity index (χ1) is 9.86. The van der Waals surface area contributed by atoms with Crippen LogP contribution in [0.5, 0.6) is 0 Å². The molecule has 0 bridgehead atoms. The number of nitrogens with zero attached hydrogens (tertiary/aromatic N) is 6. The third-order valence-corrected chi connectivity index (χ3v) is 3.07. The van der Waals surface area contributed by atoms with E-state index in [9.17, 15) is 0 Å². The molecule has 2 aromatic heterocycles. The van der Waals surface area contributed by atoms with E-state index in [0.717, 1.165) is 29.9 Å². The molecule has 0 aliphatic carbocycles. The summed E-state index contributed by atoms with van der Waals surface area (Å²) >= 11 is 0. The molecule has 0 radical (unpaired) electrons. The molecule has 0 unspecified atom stereocenters. The summed E-state index contributed by atoms with van der Waals surface area (Å²) in [5.74, 6) is 0.917. The summed E-state index contributed by atoms with van der Waals surface area (Å²) in [4.78, 5) is 0. The summed E-state index contributed by atoms with van der Waals surface area (Å²) < 4.78 is 3.69. The van der Waals surface area contributed by atoms with Gasteiger partial charge in [-0.3, -0.25) is 0 Å². The van der Waals surface area contributed by atoms with Crippen LogP contribution in [0.2, 0.25) is 0 Å². The second kappa shape index (κ2) is 5.64. The molecule has 102 valence electrons. The number of hydrogen-bond donors (Lipinski definition) is 0. The highest BCUT2D eigenvalue weighted by Crippen LogP contribution is 2.09. The van der Waals surface area contributed by atoms with Crippen LogP contribution in [0, 0.1) is 0 Å². The molecule has 0 amide bonds. The van der Waals surface area contributed by atoms with Gasteiger partial charge in [-0.1, -0.05) is 25.1 Å². The molecular weight excluding hydrogens is 252 g/mol. The van der Waals surface area contributed by atoms with Gasteiger partial charge in [0.15, 0.2) is 5.82 Å². The highest BCUT2D eigenvalue weighted by atomic mass is 15.5. The van der Waals surface area contributed by atoms with E-state index in [1.807, 2.05) is 52.1 Å². The van der Waals surface area contributed by atoms with Crippen LogP contribution < -0.4 is 0 Å². The van der Waals surface area contributed by atoms with Gasteiger partial charge in [-0.15, -0.1) is 5.10 Å². The van der Waals surface area contributed by atoms with Gasteiger partial charge in [0.1, 0.15) is 0 Å². The second-order valence-corrected chi connectivity index (χ2v) is 4.63. The van der Waals surface area contributed by atoms with Gasteiger partial charge in [-0.25, -0.2) is 9.36 Å². The zero-order valence-corrected chi connectivity index (χ0v) is 11.3. The van der Waals surface area contributed by atoms with Crippen molar-refractivity contribution in [2.45, 2.75) is 26.3 Å². The summed E-state index contributed by atoms with van der Waals surface area (Å²) in [7, 11) is 0. The van der Waals surface area contributed by atoms with Crippen LogP contribution in [0.15, 0.2) is 42.7 Å². The first-order valence-electron chi connectivity index (χ1n) is 6.71. The molecule has 1 aromatic carbocycles. The zero-order valence-electron chi connectivity index (χ0n) is 11.3. The molecule has 6 nitrogen and oxygen atoms in total. The minimum Gasteiger partial charge on any atom is -0.241 e. The Morgan fingerprint density at radius 1 is 1.15 bits per heavy atom. The van der Waals surface area contributed by atoms with Crippen molar-refractivity contribution >= 4 is 0 Å². The predicted octanol–water partition coefficient (Wildman–Crippen LogP) is 1.86. The highest BCUT2D eigenvalue weighted by molar-refractivity contribution is 5.30. The van der Waals surface area contributed by atoms with Crippen molar-refractivity contribution < 1.29 is 0 Å². The Kier molecular flexibility index (Phi) is 3.54. The minimum atomic E-state index is 0.648. The number of hydrogen-bond acceptors (Lipinski definition) is 4. The standard InChI is InChI=1S/C14H16N6/c1-2-6-14-16-17-18-20(14)11-12-9-15-19(10-12)13-7-4-3-5-8-13/h3-5,7-10H,2,6,11H2,1H3. The summed E-state index contributed by atoms with van der Waals surface area (Å²) in [6.45, 7) is 2.77. The van der Waals surface area contributed by atoms with Gasteiger partial charge in [0.25, 0.3) is 0 Å². The summed E-state index contributed by atoms with van der Waals surface area (Å²) in [6.07, 6.45) is 5.78. The van der Waals surface area contributed by atoms with Crippen molar-refractivity contribution in [3.05, 3.63) is 54.1 Å². The van der Waals surface area contributed by atoms with Crippen LogP contribution in [0.25, 0.3) is 5.69 Å². The average molecular weight is 268 g/mol. The molecule has 20 heavy (non-hydrogen) atoms. The molecule has 6 heteroatoms. The number of benzene rings is 1. The number of aryl methyl sites for hydroxylation is 1. The number of rotatable bonds is 5. The van der Waals surface area contributed by atoms with E-state index in [2.05, 4.69) is 27.5 Å². The number of para-hydroxylation sites is 1. The smallest absolute Gasteiger partial charge is 0.151 e. The van der Waals surface area contributed by atoms with Gasteiger partial charge in [0.05, 0.1) is 18.4 Å². The molecule has 2 heterocycles. The Balaban J connectivity index is 1.79. The van der Waals surface area contributed by atoms with E-state index >= 15 is 0 Å². The fraction of sp³-hybridized carbons (Fsp3) is 0.286. The normalized spacial score (nSPS) is 10.8. The van der Waals surface area contributed by atoms with Gasteiger partial charge in [0, 0.05) is 18.2 Å². The van der Waals surface area contributed by atoms with Crippen LogP contribution in [0.4, 0.5) is 0 Å². The van der Waals surface area contributed by atoms with Crippen molar-refractivity contribution in [1.82, 2.24) is 30.0 Å². The summed E-state index contributed by atoms with van der Waals surface area (Å²) in [5, 5.41) is 16.2.